The highest BCUT2D eigenvalue weighted by Gasteiger charge is 2.31. The van der Waals surface area contributed by atoms with E-state index in [2.05, 4.69) is 5.32 Å². The lowest BCUT2D eigenvalue weighted by molar-refractivity contribution is -0.117. The van der Waals surface area contributed by atoms with Gasteiger partial charge < -0.3 is 9.73 Å². The van der Waals surface area contributed by atoms with Crippen LogP contribution in [0.3, 0.4) is 0 Å². The zero-order chi connectivity index (χ0) is 15.8. The maximum Gasteiger partial charge on any atom is 0.232 e. The second-order valence-corrected chi connectivity index (χ2v) is 5.99. The van der Waals surface area contributed by atoms with E-state index in [1.807, 2.05) is 60.7 Å². The summed E-state index contributed by atoms with van der Waals surface area (Å²) < 4.78 is 5.91. The second-order valence-electron chi connectivity index (χ2n) is 5.58. The quantitative estimate of drug-likeness (QED) is 0.746. The van der Waals surface area contributed by atoms with Crippen LogP contribution in [0.25, 0.3) is 11.3 Å². The van der Waals surface area contributed by atoms with Crippen LogP contribution in [0.1, 0.15) is 17.2 Å². The SMILES string of the molecule is O=C1Nc2ccccc2C1Cc1ccc(-c2ccccc2Cl)o1. The molecule has 0 saturated heterocycles. The van der Waals surface area contributed by atoms with Gasteiger partial charge >= 0.3 is 0 Å². The van der Waals surface area contributed by atoms with Crippen molar-refractivity contribution in [3.63, 3.8) is 0 Å². The first-order valence-corrected chi connectivity index (χ1v) is 7.83. The molecule has 2 aromatic carbocycles. The number of fused-ring (bicyclic) bond motifs is 1. The molecule has 0 aliphatic carbocycles. The Hall–Kier alpha value is -2.52. The summed E-state index contributed by atoms with van der Waals surface area (Å²) in [7, 11) is 0. The second kappa shape index (κ2) is 5.60. The Morgan fingerprint density at radius 1 is 1.00 bits per heavy atom. The van der Waals surface area contributed by atoms with Gasteiger partial charge in [0.2, 0.25) is 5.91 Å². The zero-order valence-electron chi connectivity index (χ0n) is 12.3. The molecule has 4 heteroatoms. The molecule has 0 bridgehead atoms. The number of furan rings is 1. The summed E-state index contributed by atoms with van der Waals surface area (Å²) in [5.74, 6) is 1.30. The molecule has 2 heterocycles. The minimum Gasteiger partial charge on any atom is -0.461 e. The average molecular weight is 324 g/mol. The number of halogens is 1. The fraction of sp³-hybridized carbons (Fsp3) is 0.105. The van der Waals surface area contributed by atoms with Crippen molar-refractivity contribution >= 4 is 23.2 Å². The number of carbonyl (C=O) groups excluding carboxylic acids is 1. The van der Waals surface area contributed by atoms with Crippen molar-refractivity contribution in [3.8, 4) is 11.3 Å². The third-order valence-corrected chi connectivity index (χ3v) is 4.45. The first-order chi connectivity index (χ1) is 11.2. The minimum atomic E-state index is -0.212. The van der Waals surface area contributed by atoms with Gasteiger partial charge in [-0.25, -0.2) is 0 Å². The van der Waals surface area contributed by atoms with Gasteiger partial charge in [-0.1, -0.05) is 41.9 Å². The van der Waals surface area contributed by atoms with E-state index in [1.54, 1.807) is 0 Å². The third-order valence-electron chi connectivity index (χ3n) is 4.12. The van der Waals surface area contributed by atoms with Crippen molar-refractivity contribution in [2.45, 2.75) is 12.3 Å². The molecule has 1 aliphatic heterocycles. The predicted octanol–water partition coefficient (Wildman–Crippen LogP) is 4.88. The van der Waals surface area contributed by atoms with Crippen LogP contribution in [0.5, 0.6) is 0 Å². The number of nitrogens with one attached hydrogen (secondary N) is 1. The van der Waals surface area contributed by atoms with Crippen LogP contribution in [0.15, 0.2) is 65.1 Å². The number of hydrogen-bond acceptors (Lipinski definition) is 2. The van der Waals surface area contributed by atoms with E-state index in [1.165, 1.54) is 0 Å². The highest BCUT2D eigenvalue weighted by molar-refractivity contribution is 6.33. The first kappa shape index (κ1) is 14.1. The Kier molecular flexibility index (Phi) is 3.43. The minimum absolute atomic E-state index is 0.0156. The number of amides is 1. The summed E-state index contributed by atoms with van der Waals surface area (Å²) in [6.07, 6.45) is 0.535. The molecule has 0 radical (unpaired) electrons. The lowest BCUT2D eigenvalue weighted by Gasteiger charge is -2.06. The molecule has 0 spiro atoms. The highest BCUT2D eigenvalue weighted by Crippen LogP contribution is 2.36. The molecular formula is C19H14ClNO2. The Morgan fingerprint density at radius 2 is 1.78 bits per heavy atom. The molecule has 23 heavy (non-hydrogen) atoms. The fourth-order valence-corrected chi connectivity index (χ4v) is 3.20. The van der Waals surface area contributed by atoms with Crippen molar-refractivity contribution < 1.29 is 9.21 Å². The van der Waals surface area contributed by atoms with Crippen LogP contribution >= 0.6 is 11.6 Å². The van der Waals surface area contributed by atoms with Crippen LogP contribution in [0, 0.1) is 0 Å². The lowest BCUT2D eigenvalue weighted by atomic mass is 9.96. The zero-order valence-corrected chi connectivity index (χ0v) is 13.0. The van der Waals surface area contributed by atoms with Gasteiger partial charge in [0.15, 0.2) is 0 Å². The topological polar surface area (TPSA) is 42.2 Å². The third kappa shape index (κ3) is 2.53. The van der Waals surface area contributed by atoms with Gasteiger partial charge in [0.1, 0.15) is 11.5 Å². The monoisotopic (exact) mass is 323 g/mol. The number of benzene rings is 2. The van der Waals surface area contributed by atoms with Crippen molar-refractivity contribution in [2.24, 2.45) is 0 Å². The highest BCUT2D eigenvalue weighted by atomic mass is 35.5. The first-order valence-electron chi connectivity index (χ1n) is 7.46. The van der Waals surface area contributed by atoms with Gasteiger partial charge in [-0.15, -0.1) is 0 Å². The normalized spacial score (nSPS) is 16.2. The predicted molar refractivity (Wildman–Crippen MR) is 90.7 cm³/mol. The van der Waals surface area contributed by atoms with Gasteiger partial charge in [-0.3, -0.25) is 4.79 Å². The molecule has 114 valence electrons. The Balaban J connectivity index is 1.62. The molecule has 1 aliphatic rings. The largest absolute Gasteiger partial charge is 0.461 e. The van der Waals surface area contributed by atoms with E-state index in [0.29, 0.717) is 11.4 Å². The van der Waals surface area contributed by atoms with Gasteiger partial charge in [0.05, 0.1) is 10.9 Å². The lowest BCUT2D eigenvalue weighted by Crippen LogP contribution is -2.13. The van der Waals surface area contributed by atoms with Gasteiger partial charge in [0, 0.05) is 17.7 Å². The summed E-state index contributed by atoms with van der Waals surface area (Å²) in [5, 5.41) is 3.56. The van der Waals surface area contributed by atoms with Crippen molar-refractivity contribution in [1.82, 2.24) is 0 Å². The summed E-state index contributed by atoms with van der Waals surface area (Å²) in [6, 6.07) is 19.1. The van der Waals surface area contributed by atoms with Crippen LogP contribution in [-0.2, 0) is 11.2 Å². The molecule has 1 aromatic heterocycles. The van der Waals surface area contributed by atoms with Crippen molar-refractivity contribution in [1.29, 1.82) is 0 Å². The van der Waals surface area contributed by atoms with Crippen LogP contribution in [0.2, 0.25) is 5.02 Å². The molecule has 1 amide bonds. The average Bonchev–Trinajstić information content (AvgIpc) is 3.14. The van der Waals surface area contributed by atoms with Crippen molar-refractivity contribution in [2.75, 3.05) is 5.32 Å². The smallest absolute Gasteiger partial charge is 0.232 e. The van der Waals surface area contributed by atoms with E-state index in [4.69, 9.17) is 16.0 Å². The van der Waals surface area contributed by atoms with E-state index in [9.17, 15) is 4.79 Å². The van der Waals surface area contributed by atoms with Crippen LogP contribution in [0.4, 0.5) is 5.69 Å². The van der Waals surface area contributed by atoms with Gasteiger partial charge in [-0.2, -0.15) is 0 Å². The van der Waals surface area contributed by atoms with Gasteiger partial charge in [0.25, 0.3) is 0 Å². The molecule has 1 unspecified atom stereocenters. The molecule has 3 nitrogen and oxygen atoms in total. The standard InChI is InChI=1S/C19H14ClNO2/c20-16-7-3-1-6-14(16)18-10-9-12(23-18)11-15-13-5-2-4-8-17(13)21-19(15)22/h1-10,15H,11H2,(H,21,22). The molecule has 1 atom stereocenters. The summed E-state index contributed by atoms with van der Waals surface area (Å²) in [4.78, 5) is 12.2. The Labute approximate surface area is 138 Å². The molecule has 0 saturated carbocycles. The maximum absolute atomic E-state index is 12.2. The Morgan fingerprint density at radius 3 is 2.65 bits per heavy atom. The molecule has 1 N–H and O–H groups in total. The Bertz CT molecular complexity index is 884. The molecular weight excluding hydrogens is 310 g/mol. The summed E-state index contributed by atoms with van der Waals surface area (Å²) >= 11 is 6.20. The molecule has 0 fully saturated rings. The van der Waals surface area contributed by atoms with E-state index in [-0.39, 0.29) is 11.8 Å². The van der Waals surface area contributed by atoms with Crippen LogP contribution in [-0.4, -0.2) is 5.91 Å². The number of para-hydroxylation sites is 1. The molecule has 4 rings (SSSR count). The van der Waals surface area contributed by atoms with E-state index < -0.39 is 0 Å². The number of anilines is 1. The van der Waals surface area contributed by atoms with E-state index >= 15 is 0 Å². The fourth-order valence-electron chi connectivity index (χ4n) is 2.97. The maximum atomic E-state index is 12.2. The van der Waals surface area contributed by atoms with Crippen LogP contribution < -0.4 is 5.32 Å². The van der Waals surface area contributed by atoms with Gasteiger partial charge in [-0.05, 0) is 35.9 Å². The van der Waals surface area contributed by atoms with E-state index in [0.717, 1.165) is 28.3 Å². The van der Waals surface area contributed by atoms with Crippen molar-refractivity contribution in [3.05, 3.63) is 77.0 Å². The number of rotatable bonds is 3. The number of carbonyl (C=O) groups is 1. The summed E-state index contributed by atoms with van der Waals surface area (Å²) in [6.45, 7) is 0. The number of hydrogen-bond donors (Lipinski definition) is 1. The summed E-state index contributed by atoms with van der Waals surface area (Å²) in [5.41, 5.74) is 2.77. The molecule has 3 aromatic rings.